The van der Waals surface area contributed by atoms with Crippen molar-refractivity contribution in [2.75, 3.05) is 19.7 Å². The Morgan fingerprint density at radius 3 is 2.46 bits per heavy atom. The van der Waals surface area contributed by atoms with Gasteiger partial charge >= 0.3 is 12.2 Å². The van der Waals surface area contributed by atoms with Gasteiger partial charge in [0.15, 0.2) is 0 Å². The van der Waals surface area contributed by atoms with Gasteiger partial charge in [0.1, 0.15) is 12.2 Å². The zero-order chi connectivity index (χ0) is 19.6. The van der Waals surface area contributed by atoms with Crippen molar-refractivity contribution in [2.45, 2.75) is 52.4 Å². The lowest BCUT2D eigenvalue weighted by Crippen LogP contribution is -2.46. The van der Waals surface area contributed by atoms with Crippen LogP contribution in [-0.4, -0.2) is 53.5 Å². The first-order chi connectivity index (χ1) is 12.2. The van der Waals surface area contributed by atoms with Gasteiger partial charge < -0.3 is 24.8 Å². The van der Waals surface area contributed by atoms with Crippen molar-refractivity contribution in [3.05, 3.63) is 35.9 Å². The summed E-state index contributed by atoms with van der Waals surface area (Å²) in [6, 6.07) is 9.05. The molecule has 1 aromatic carbocycles. The van der Waals surface area contributed by atoms with Crippen LogP contribution in [0.15, 0.2) is 30.3 Å². The van der Waals surface area contributed by atoms with Crippen LogP contribution in [-0.2, 0) is 16.1 Å². The van der Waals surface area contributed by atoms with Crippen molar-refractivity contribution in [3.8, 4) is 0 Å². The molecule has 0 aliphatic carbocycles. The number of nitrogens with zero attached hydrogens (tertiary/aromatic N) is 1. The smallest absolute Gasteiger partial charge is 0.410 e. The summed E-state index contributed by atoms with van der Waals surface area (Å²) < 4.78 is 10.5. The first kappa shape index (κ1) is 21.8. The molecule has 1 aromatic rings. The number of carbonyl (C=O) groups is 2. The molecule has 0 saturated heterocycles. The van der Waals surface area contributed by atoms with E-state index in [9.17, 15) is 9.59 Å². The summed E-state index contributed by atoms with van der Waals surface area (Å²) in [5, 5.41) is 11.7. The maximum atomic E-state index is 12.3. The van der Waals surface area contributed by atoms with Crippen LogP contribution in [0.4, 0.5) is 9.59 Å². The summed E-state index contributed by atoms with van der Waals surface area (Å²) in [7, 11) is 0. The molecule has 2 N–H and O–H groups in total. The number of amides is 2. The van der Waals surface area contributed by atoms with Gasteiger partial charge in [-0.2, -0.15) is 0 Å². The number of aliphatic hydroxyl groups is 1. The average molecular weight is 366 g/mol. The highest BCUT2D eigenvalue weighted by Crippen LogP contribution is 2.11. The van der Waals surface area contributed by atoms with Gasteiger partial charge in [-0.1, -0.05) is 30.3 Å². The zero-order valence-corrected chi connectivity index (χ0v) is 16.0. The Kier molecular flexibility index (Phi) is 8.92. The SMILES string of the molecule is CC(CN(CCCO)C(=O)OC(C)(C)C)NC(=O)OCc1ccccc1. The van der Waals surface area contributed by atoms with E-state index in [1.807, 2.05) is 30.3 Å². The van der Waals surface area contributed by atoms with E-state index in [0.29, 0.717) is 13.0 Å². The molecule has 0 aliphatic rings. The molecule has 0 bridgehead atoms. The molecule has 1 rings (SSSR count). The highest BCUT2D eigenvalue weighted by molar-refractivity contribution is 5.69. The quantitative estimate of drug-likeness (QED) is 0.738. The summed E-state index contributed by atoms with van der Waals surface area (Å²) in [5.41, 5.74) is 0.286. The molecule has 0 fully saturated rings. The van der Waals surface area contributed by atoms with Gasteiger partial charge in [-0.15, -0.1) is 0 Å². The lowest BCUT2D eigenvalue weighted by Gasteiger charge is -2.29. The summed E-state index contributed by atoms with van der Waals surface area (Å²) in [5.74, 6) is 0. The third-order valence-corrected chi connectivity index (χ3v) is 3.31. The Morgan fingerprint density at radius 2 is 1.88 bits per heavy atom. The summed E-state index contributed by atoms with van der Waals surface area (Å²) in [4.78, 5) is 25.7. The van der Waals surface area contributed by atoms with Crippen molar-refractivity contribution < 1.29 is 24.2 Å². The van der Waals surface area contributed by atoms with Gasteiger partial charge in [0, 0.05) is 25.7 Å². The predicted octanol–water partition coefficient (Wildman–Crippen LogP) is 2.92. The van der Waals surface area contributed by atoms with Gasteiger partial charge in [-0.25, -0.2) is 9.59 Å². The van der Waals surface area contributed by atoms with Gasteiger partial charge in [-0.3, -0.25) is 0 Å². The minimum absolute atomic E-state index is 0.0276. The maximum Gasteiger partial charge on any atom is 0.410 e. The number of hydrogen-bond donors (Lipinski definition) is 2. The predicted molar refractivity (Wildman–Crippen MR) is 98.7 cm³/mol. The molecule has 0 spiro atoms. The standard InChI is InChI=1S/C19H30N2O5/c1-15(20-17(23)25-14-16-9-6-5-7-10-16)13-21(11-8-12-22)18(24)26-19(2,3)4/h5-7,9-10,15,22H,8,11-14H2,1-4H3,(H,20,23). The first-order valence-corrected chi connectivity index (χ1v) is 8.77. The molecule has 0 aliphatic heterocycles. The average Bonchev–Trinajstić information content (AvgIpc) is 2.56. The van der Waals surface area contributed by atoms with Crippen molar-refractivity contribution in [3.63, 3.8) is 0 Å². The van der Waals surface area contributed by atoms with Crippen LogP contribution in [0.2, 0.25) is 0 Å². The van der Waals surface area contributed by atoms with Crippen molar-refractivity contribution in [1.82, 2.24) is 10.2 Å². The molecule has 0 radical (unpaired) electrons. The fraction of sp³-hybridized carbons (Fsp3) is 0.579. The number of ether oxygens (including phenoxy) is 2. The third kappa shape index (κ3) is 9.27. The third-order valence-electron chi connectivity index (χ3n) is 3.31. The Labute approximate surface area is 155 Å². The largest absolute Gasteiger partial charge is 0.445 e. The monoisotopic (exact) mass is 366 g/mol. The molecule has 2 amide bonds. The minimum atomic E-state index is -0.611. The fourth-order valence-electron chi connectivity index (χ4n) is 2.19. The second kappa shape index (κ2) is 10.7. The molecule has 146 valence electrons. The van der Waals surface area contributed by atoms with Crippen LogP contribution in [0.1, 0.15) is 39.7 Å². The molecule has 0 heterocycles. The number of benzene rings is 1. The van der Waals surface area contributed by atoms with Crippen molar-refractivity contribution in [1.29, 1.82) is 0 Å². The number of hydrogen-bond acceptors (Lipinski definition) is 5. The molecule has 1 atom stereocenters. The van der Waals surface area contributed by atoms with Crippen LogP contribution in [0, 0.1) is 0 Å². The molecular weight excluding hydrogens is 336 g/mol. The van der Waals surface area contributed by atoms with Crippen LogP contribution in [0.5, 0.6) is 0 Å². The molecule has 1 unspecified atom stereocenters. The molecule has 7 heteroatoms. The number of aliphatic hydroxyl groups excluding tert-OH is 1. The number of alkyl carbamates (subject to hydrolysis) is 1. The molecule has 26 heavy (non-hydrogen) atoms. The summed E-state index contributed by atoms with van der Waals surface area (Å²) in [6.07, 6.45) is -0.588. The normalized spacial score (nSPS) is 12.2. The van der Waals surface area contributed by atoms with Crippen molar-refractivity contribution in [2.24, 2.45) is 0 Å². The van der Waals surface area contributed by atoms with Gasteiger partial charge in [0.25, 0.3) is 0 Å². The fourth-order valence-corrected chi connectivity index (χ4v) is 2.19. The highest BCUT2D eigenvalue weighted by Gasteiger charge is 2.23. The van der Waals surface area contributed by atoms with E-state index in [4.69, 9.17) is 14.6 Å². The van der Waals surface area contributed by atoms with E-state index in [1.165, 1.54) is 4.90 Å². The topological polar surface area (TPSA) is 88.1 Å². The molecule has 7 nitrogen and oxygen atoms in total. The van der Waals surface area contributed by atoms with Crippen molar-refractivity contribution >= 4 is 12.2 Å². The summed E-state index contributed by atoms with van der Waals surface area (Å²) >= 11 is 0. The van der Waals surface area contributed by atoms with Crippen LogP contribution in [0.3, 0.4) is 0 Å². The first-order valence-electron chi connectivity index (χ1n) is 8.77. The number of carbonyl (C=O) groups excluding carboxylic acids is 2. The zero-order valence-electron chi connectivity index (χ0n) is 16.0. The highest BCUT2D eigenvalue weighted by atomic mass is 16.6. The second-order valence-electron chi connectivity index (χ2n) is 7.11. The maximum absolute atomic E-state index is 12.3. The van der Waals surface area contributed by atoms with E-state index >= 15 is 0 Å². The Balaban J connectivity index is 2.49. The lowest BCUT2D eigenvalue weighted by molar-refractivity contribution is 0.0223. The van der Waals surface area contributed by atoms with Crippen LogP contribution >= 0.6 is 0 Å². The molecule has 0 aromatic heterocycles. The Hall–Kier alpha value is -2.28. The van der Waals surface area contributed by atoms with Gasteiger partial charge in [0.2, 0.25) is 0 Å². The lowest BCUT2D eigenvalue weighted by atomic mass is 10.2. The van der Waals surface area contributed by atoms with Crippen LogP contribution < -0.4 is 5.32 Å². The summed E-state index contributed by atoms with van der Waals surface area (Å²) in [6.45, 7) is 7.90. The molecular formula is C19H30N2O5. The van der Waals surface area contributed by atoms with Gasteiger partial charge in [-0.05, 0) is 39.7 Å². The number of nitrogens with one attached hydrogen (secondary N) is 1. The Bertz CT molecular complexity index is 557. The van der Waals surface area contributed by atoms with E-state index in [-0.39, 0.29) is 25.8 Å². The van der Waals surface area contributed by atoms with E-state index in [2.05, 4.69) is 5.32 Å². The van der Waals surface area contributed by atoms with Crippen LogP contribution in [0.25, 0.3) is 0 Å². The molecule has 0 saturated carbocycles. The van der Waals surface area contributed by atoms with E-state index in [1.54, 1.807) is 27.7 Å². The number of rotatable bonds is 8. The Morgan fingerprint density at radius 1 is 1.23 bits per heavy atom. The minimum Gasteiger partial charge on any atom is -0.445 e. The second-order valence-corrected chi connectivity index (χ2v) is 7.11. The van der Waals surface area contributed by atoms with Gasteiger partial charge in [0.05, 0.1) is 0 Å². The van der Waals surface area contributed by atoms with E-state index < -0.39 is 17.8 Å². The van der Waals surface area contributed by atoms with E-state index in [0.717, 1.165) is 5.56 Å².